The molecule has 7 heteroatoms. The Hall–Kier alpha value is -2.67. The number of nitrogens with zero attached hydrogens (tertiary/aromatic N) is 1. The van der Waals surface area contributed by atoms with Crippen LogP contribution in [0.2, 0.25) is 0 Å². The molecule has 0 aromatic heterocycles. The summed E-state index contributed by atoms with van der Waals surface area (Å²) in [4.78, 5) is 13.6. The maximum Gasteiger partial charge on any atom is 0.246 e. The zero-order valence-corrected chi connectivity index (χ0v) is 14.8. The molecule has 25 heavy (non-hydrogen) atoms. The molecule has 2 rings (SSSR count). The summed E-state index contributed by atoms with van der Waals surface area (Å²) in [7, 11) is -1.68. The summed E-state index contributed by atoms with van der Waals surface area (Å²) in [5.41, 5.74) is 1.92. The summed E-state index contributed by atoms with van der Waals surface area (Å²) in [6.07, 6.45) is 4.13. The van der Waals surface area contributed by atoms with Gasteiger partial charge in [-0.1, -0.05) is 24.3 Å². The molecule has 0 spiro atoms. The van der Waals surface area contributed by atoms with Gasteiger partial charge in [0.25, 0.3) is 0 Å². The first-order chi connectivity index (χ1) is 11.7. The highest BCUT2D eigenvalue weighted by Crippen LogP contribution is 2.12. The molecule has 1 N–H and O–H groups in total. The Labute approximate surface area is 146 Å². The van der Waals surface area contributed by atoms with Crippen molar-refractivity contribution >= 4 is 27.7 Å². The molecule has 5 nitrogen and oxygen atoms in total. The number of halogens is 1. The number of carbonyl (C=O) groups excluding carboxylic acids is 1. The Morgan fingerprint density at radius 1 is 1.20 bits per heavy atom. The van der Waals surface area contributed by atoms with E-state index in [0.29, 0.717) is 17.8 Å². The summed E-state index contributed by atoms with van der Waals surface area (Å²) in [6.45, 7) is 0.304. The molecule has 2 aromatic rings. The molecular formula is C18H19FN2O3S. The summed E-state index contributed by atoms with van der Waals surface area (Å²) >= 11 is 0. The van der Waals surface area contributed by atoms with Gasteiger partial charge in [-0.2, -0.15) is 0 Å². The average Bonchev–Trinajstić information content (AvgIpc) is 2.52. The van der Waals surface area contributed by atoms with Crippen molar-refractivity contribution in [1.82, 2.24) is 4.90 Å². The van der Waals surface area contributed by atoms with Crippen LogP contribution in [0.25, 0.3) is 6.08 Å². The Morgan fingerprint density at radius 3 is 2.48 bits per heavy atom. The smallest absolute Gasteiger partial charge is 0.246 e. The number of benzene rings is 2. The first-order valence-electron chi connectivity index (χ1n) is 7.48. The van der Waals surface area contributed by atoms with Gasteiger partial charge in [0.05, 0.1) is 6.26 Å². The van der Waals surface area contributed by atoms with E-state index in [0.717, 1.165) is 11.8 Å². The van der Waals surface area contributed by atoms with Gasteiger partial charge in [-0.05, 0) is 41.5 Å². The van der Waals surface area contributed by atoms with Crippen molar-refractivity contribution in [2.24, 2.45) is 0 Å². The second-order valence-electron chi connectivity index (χ2n) is 5.65. The quantitative estimate of drug-likeness (QED) is 0.804. The SMILES string of the molecule is CN(Cc1cccc(F)c1)C(=O)/C=C/c1ccc(NS(C)(=O)=O)cc1. The molecule has 0 aliphatic heterocycles. The van der Waals surface area contributed by atoms with Crippen LogP contribution in [0, 0.1) is 5.82 Å². The molecule has 0 saturated carbocycles. The van der Waals surface area contributed by atoms with E-state index < -0.39 is 10.0 Å². The minimum atomic E-state index is -3.32. The Morgan fingerprint density at radius 2 is 1.88 bits per heavy atom. The third-order valence-electron chi connectivity index (χ3n) is 3.32. The van der Waals surface area contributed by atoms with Crippen molar-refractivity contribution in [3.8, 4) is 0 Å². The van der Waals surface area contributed by atoms with Crippen LogP contribution in [0.4, 0.5) is 10.1 Å². The predicted octanol–water partition coefficient (Wildman–Crippen LogP) is 2.87. The number of hydrogen-bond donors (Lipinski definition) is 1. The molecule has 0 bridgehead atoms. The number of anilines is 1. The lowest BCUT2D eigenvalue weighted by Crippen LogP contribution is -2.24. The lowest BCUT2D eigenvalue weighted by atomic mass is 10.2. The topological polar surface area (TPSA) is 66.5 Å². The molecule has 0 unspecified atom stereocenters. The molecule has 0 atom stereocenters. The minimum Gasteiger partial charge on any atom is -0.338 e. The van der Waals surface area contributed by atoms with E-state index in [1.165, 1.54) is 23.1 Å². The van der Waals surface area contributed by atoms with Gasteiger partial charge in [-0.3, -0.25) is 9.52 Å². The zero-order chi connectivity index (χ0) is 18.4. The van der Waals surface area contributed by atoms with Crippen molar-refractivity contribution < 1.29 is 17.6 Å². The average molecular weight is 362 g/mol. The molecule has 2 aromatic carbocycles. The maximum atomic E-state index is 13.2. The van der Waals surface area contributed by atoms with Crippen LogP contribution in [0.1, 0.15) is 11.1 Å². The van der Waals surface area contributed by atoms with Crippen LogP contribution in [-0.4, -0.2) is 32.5 Å². The van der Waals surface area contributed by atoms with Gasteiger partial charge in [0.15, 0.2) is 0 Å². The Balaban J connectivity index is 1.97. The van der Waals surface area contributed by atoms with Gasteiger partial charge in [0, 0.05) is 25.4 Å². The summed E-state index contributed by atoms with van der Waals surface area (Å²) < 4.78 is 37.8. The van der Waals surface area contributed by atoms with E-state index in [-0.39, 0.29) is 11.7 Å². The molecule has 0 radical (unpaired) electrons. The largest absolute Gasteiger partial charge is 0.338 e. The van der Waals surface area contributed by atoms with Crippen LogP contribution in [-0.2, 0) is 21.4 Å². The van der Waals surface area contributed by atoms with Gasteiger partial charge in [-0.25, -0.2) is 12.8 Å². The number of sulfonamides is 1. The number of likely N-dealkylation sites (N-methyl/N-ethyl adjacent to an activating group) is 1. The number of carbonyl (C=O) groups is 1. The highest BCUT2D eigenvalue weighted by atomic mass is 32.2. The van der Waals surface area contributed by atoms with Gasteiger partial charge in [0.2, 0.25) is 15.9 Å². The van der Waals surface area contributed by atoms with Crippen molar-refractivity contribution in [3.63, 3.8) is 0 Å². The van der Waals surface area contributed by atoms with Gasteiger partial charge < -0.3 is 4.90 Å². The van der Waals surface area contributed by atoms with E-state index in [1.807, 2.05) is 0 Å². The van der Waals surface area contributed by atoms with Gasteiger partial charge in [0.1, 0.15) is 5.82 Å². The van der Waals surface area contributed by atoms with E-state index in [2.05, 4.69) is 4.72 Å². The van der Waals surface area contributed by atoms with Gasteiger partial charge in [-0.15, -0.1) is 0 Å². The first kappa shape index (κ1) is 18.7. The fourth-order valence-corrected chi connectivity index (χ4v) is 2.72. The third kappa shape index (κ3) is 6.39. The second-order valence-corrected chi connectivity index (χ2v) is 7.40. The summed E-state index contributed by atoms with van der Waals surface area (Å²) in [5.74, 6) is -0.556. The van der Waals surface area contributed by atoms with E-state index in [4.69, 9.17) is 0 Å². The number of amides is 1. The molecular weight excluding hydrogens is 343 g/mol. The van der Waals surface area contributed by atoms with Crippen molar-refractivity contribution in [3.05, 3.63) is 71.6 Å². The fraction of sp³-hybridized carbons (Fsp3) is 0.167. The highest BCUT2D eigenvalue weighted by Gasteiger charge is 2.06. The predicted molar refractivity (Wildman–Crippen MR) is 96.8 cm³/mol. The first-order valence-corrected chi connectivity index (χ1v) is 9.37. The van der Waals surface area contributed by atoms with E-state index in [9.17, 15) is 17.6 Å². The lowest BCUT2D eigenvalue weighted by Gasteiger charge is -2.15. The van der Waals surface area contributed by atoms with Crippen LogP contribution < -0.4 is 4.72 Å². The monoisotopic (exact) mass is 362 g/mol. The molecule has 0 aliphatic rings. The Bertz CT molecular complexity index is 877. The molecule has 0 heterocycles. The molecule has 0 fully saturated rings. The maximum absolute atomic E-state index is 13.2. The molecule has 0 saturated heterocycles. The number of nitrogens with one attached hydrogen (secondary N) is 1. The van der Waals surface area contributed by atoms with Crippen molar-refractivity contribution in [2.75, 3.05) is 18.0 Å². The summed E-state index contributed by atoms with van der Waals surface area (Å²) in [5, 5.41) is 0. The van der Waals surface area contributed by atoms with Gasteiger partial charge >= 0.3 is 0 Å². The third-order valence-corrected chi connectivity index (χ3v) is 3.92. The van der Waals surface area contributed by atoms with Crippen LogP contribution >= 0.6 is 0 Å². The number of rotatable bonds is 6. The molecule has 0 aliphatic carbocycles. The van der Waals surface area contributed by atoms with Crippen LogP contribution in [0.3, 0.4) is 0 Å². The number of hydrogen-bond acceptors (Lipinski definition) is 3. The molecule has 1 amide bonds. The molecule has 132 valence electrons. The van der Waals surface area contributed by atoms with Crippen molar-refractivity contribution in [1.29, 1.82) is 0 Å². The zero-order valence-electron chi connectivity index (χ0n) is 13.9. The van der Waals surface area contributed by atoms with Crippen molar-refractivity contribution in [2.45, 2.75) is 6.54 Å². The van der Waals surface area contributed by atoms with E-state index in [1.54, 1.807) is 49.5 Å². The van der Waals surface area contributed by atoms with E-state index >= 15 is 0 Å². The lowest BCUT2D eigenvalue weighted by molar-refractivity contribution is -0.125. The highest BCUT2D eigenvalue weighted by molar-refractivity contribution is 7.92. The fourth-order valence-electron chi connectivity index (χ4n) is 2.16. The standard InChI is InChI=1S/C18H19FN2O3S/c1-21(13-15-4-3-5-16(19)12-15)18(22)11-8-14-6-9-17(10-7-14)20-25(2,23)24/h3-12,20H,13H2,1-2H3/b11-8+. The second kappa shape index (κ2) is 7.94. The summed E-state index contributed by atoms with van der Waals surface area (Å²) in [6, 6.07) is 12.7. The Kier molecular flexibility index (Phi) is 5.93. The van der Waals surface area contributed by atoms with Crippen LogP contribution in [0.15, 0.2) is 54.6 Å². The normalized spacial score (nSPS) is 11.5. The van der Waals surface area contributed by atoms with Crippen LogP contribution in [0.5, 0.6) is 0 Å². The minimum absolute atomic E-state index is 0.220.